The molecule has 5 rings (SSSR count). The van der Waals surface area contributed by atoms with Crippen molar-refractivity contribution in [2.24, 2.45) is 0 Å². The van der Waals surface area contributed by atoms with Crippen LogP contribution in [-0.2, 0) is 4.74 Å². The number of hydrogen-bond acceptors (Lipinski definition) is 5. The monoisotopic (exact) mass is 526 g/mol. The number of halogens is 3. The van der Waals surface area contributed by atoms with Crippen LogP contribution >= 0.6 is 0 Å². The standard InChI is InChI=1S/C28H29F3N4O3/c1-16-26(18-4-9-24(30)25(31)13-18)35(28(37)38-16)27(36)33-21-10-11-34(15-21)22-6-2-17(3-7-22)23-8-5-20(29)12-19(23)14-32/h4-5,8-9,12-13,16-17,21-22,26H,2-3,6-7,10-11,15H2,1H3,(H,33,36). The number of likely N-dealkylation sites (tertiary alicyclic amines) is 1. The number of cyclic esters (lactones) is 1. The number of nitrogens with one attached hydrogen (secondary N) is 1. The van der Waals surface area contributed by atoms with E-state index in [9.17, 15) is 28.0 Å². The summed E-state index contributed by atoms with van der Waals surface area (Å²) in [5.41, 5.74) is 1.58. The number of carbonyl (C=O) groups is 2. The molecule has 1 saturated carbocycles. The number of nitriles is 1. The Kier molecular flexibility index (Phi) is 7.30. The highest BCUT2D eigenvalue weighted by Gasteiger charge is 2.45. The molecule has 2 saturated heterocycles. The third-order valence-electron chi connectivity index (χ3n) is 8.05. The third-order valence-corrected chi connectivity index (χ3v) is 8.05. The van der Waals surface area contributed by atoms with E-state index in [1.54, 1.807) is 13.0 Å². The van der Waals surface area contributed by atoms with Crippen LogP contribution in [0.1, 0.15) is 67.7 Å². The maximum absolute atomic E-state index is 13.9. The van der Waals surface area contributed by atoms with Gasteiger partial charge in [0.1, 0.15) is 18.0 Å². The van der Waals surface area contributed by atoms with Crippen LogP contribution < -0.4 is 5.32 Å². The Morgan fingerprint density at radius 2 is 1.82 bits per heavy atom. The number of hydrogen-bond donors (Lipinski definition) is 1. The van der Waals surface area contributed by atoms with Crippen molar-refractivity contribution in [2.45, 2.75) is 69.2 Å². The van der Waals surface area contributed by atoms with Crippen molar-refractivity contribution in [1.82, 2.24) is 15.1 Å². The van der Waals surface area contributed by atoms with E-state index in [1.165, 1.54) is 18.2 Å². The zero-order valence-corrected chi connectivity index (χ0v) is 21.0. The number of ether oxygens (including phenoxy) is 1. The van der Waals surface area contributed by atoms with Gasteiger partial charge in [0.05, 0.1) is 11.6 Å². The van der Waals surface area contributed by atoms with E-state index < -0.39 is 41.7 Å². The van der Waals surface area contributed by atoms with Crippen LogP contribution in [-0.4, -0.2) is 53.2 Å². The first kappa shape index (κ1) is 26.0. The molecule has 1 N–H and O–H groups in total. The summed E-state index contributed by atoms with van der Waals surface area (Å²) in [6, 6.07) is 8.52. The average molecular weight is 527 g/mol. The van der Waals surface area contributed by atoms with E-state index in [0.717, 1.165) is 61.2 Å². The first-order valence-corrected chi connectivity index (χ1v) is 12.9. The summed E-state index contributed by atoms with van der Waals surface area (Å²) in [4.78, 5) is 28.9. The molecule has 3 aliphatic rings. The van der Waals surface area contributed by atoms with Crippen LogP contribution in [0.25, 0.3) is 0 Å². The van der Waals surface area contributed by atoms with Gasteiger partial charge in [-0.2, -0.15) is 5.26 Å². The van der Waals surface area contributed by atoms with E-state index in [-0.39, 0.29) is 17.5 Å². The molecule has 2 aliphatic heterocycles. The topological polar surface area (TPSA) is 85.7 Å². The van der Waals surface area contributed by atoms with Gasteiger partial charge >= 0.3 is 12.1 Å². The van der Waals surface area contributed by atoms with Gasteiger partial charge in [0, 0.05) is 25.2 Å². The lowest BCUT2D eigenvalue weighted by atomic mass is 9.80. The van der Waals surface area contributed by atoms with E-state index in [2.05, 4.69) is 16.3 Å². The lowest BCUT2D eigenvalue weighted by Crippen LogP contribution is -2.48. The highest BCUT2D eigenvalue weighted by Crippen LogP contribution is 2.38. The molecule has 2 aromatic carbocycles. The summed E-state index contributed by atoms with van der Waals surface area (Å²) in [6.07, 6.45) is 2.84. The molecule has 10 heteroatoms. The highest BCUT2D eigenvalue weighted by molar-refractivity contribution is 5.93. The van der Waals surface area contributed by atoms with E-state index >= 15 is 0 Å². The van der Waals surface area contributed by atoms with Crippen molar-refractivity contribution >= 4 is 12.1 Å². The Morgan fingerprint density at radius 1 is 1.05 bits per heavy atom. The summed E-state index contributed by atoms with van der Waals surface area (Å²) in [5, 5.41) is 12.3. The minimum Gasteiger partial charge on any atom is -0.443 e. The highest BCUT2D eigenvalue weighted by atomic mass is 19.2. The van der Waals surface area contributed by atoms with Gasteiger partial charge in [0.25, 0.3) is 0 Å². The molecule has 7 nitrogen and oxygen atoms in total. The SMILES string of the molecule is CC1OC(=O)N(C(=O)NC2CCN(C3CCC(c4ccc(F)cc4C#N)CC3)C2)C1c1ccc(F)c(F)c1. The fourth-order valence-corrected chi connectivity index (χ4v) is 6.14. The molecular weight excluding hydrogens is 497 g/mol. The Labute approximate surface area is 219 Å². The number of carbonyl (C=O) groups excluding carboxylic acids is 2. The van der Waals surface area contributed by atoms with Gasteiger partial charge in [-0.05, 0) is 80.3 Å². The predicted octanol–water partition coefficient (Wildman–Crippen LogP) is 5.37. The number of benzene rings is 2. The number of urea groups is 1. The van der Waals surface area contributed by atoms with Crippen LogP contribution in [0.4, 0.5) is 22.8 Å². The molecule has 0 aromatic heterocycles. The maximum atomic E-state index is 13.9. The molecule has 0 bridgehead atoms. The molecule has 2 aromatic rings. The fraction of sp³-hybridized carbons (Fsp3) is 0.464. The molecule has 0 radical (unpaired) electrons. The first-order chi connectivity index (χ1) is 18.2. The molecule has 200 valence electrons. The number of nitrogens with zero attached hydrogens (tertiary/aromatic N) is 3. The van der Waals surface area contributed by atoms with Crippen molar-refractivity contribution < 1.29 is 27.5 Å². The molecule has 0 spiro atoms. The number of imide groups is 1. The second kappa shape index (κ2) is 10.7. The lowest BCUT2D eigenvalue weighted by molar-refractivity contribution is 0.137. The molecule has 3 unspecified atom stereocenters. The smallest absolute Gasteiger partial charge is 0.419 e. The first-order valence-electron chi connectivity index (χ1n) is 12.9. The summed E-state index contributed by atoms with van der Waals surface area (Å²) in [7, 11) is 0. The van der Waals surface area contributed by atoms with Crippen LogP contribution in [0.15, 0.2) is 36.4 Å². The molecule has 38 heavy (non-hydrogen) atoms. The molecule has 3 atom stereocenters. The van der Waals surface area contributed by atoms with E-state index in [4.69, 9.17) is 4.74 Å². The number of amides is 3. The summed E-state index contributed by atoms with van der Waals surface area (Å²) >= 11 is 0. The second-order valence-electron chi connectivity index (χ2n) is 10.4. The summed E-state index contributed by atoms with van der Waals surface area (Å²) in [6.45, 7) is 3.04. The van der Waals surface area contributed by atoms with Gasteiger partial charge in [-0.1, -0.05) is 12.1 Å². The van der Waals surface area contributed by atoms with Gasteiger partial charge in [-0.25, -0.2) is 27.7 Å². The Hall–Kier alpha value is -3.58. The minimum atomic E-state index is -1.06. The maximum Gasteiger partial charge on any atom is 0.419 e. The van der Waals surface area contributed by atoms with Crippen LogP contribution in [0, 0.1) is 28.8 Å². The van der Waals surface area contributed by atoms with Crippen LogP contribution in [0.5, 0.6) is 0 Å². The normalized spacial score (nSPS) is 27.7. The van der Waals surface area contributed by atoms with Crippen molar-refractivity contribution in [1.29, 1.82) is 5.26 Å². The Balaban J connectivity index is 1.18. The van der Waals surface area contributed by atoms with Crippen molar-refractivity contribution in [3.63, 3.8) is 0 Å². The minimum absolute atomic E-state index is 0.170. The largest absolute Gasteiger partial charge is 0.443 e. The zero-order valence-electron chi connectivity index (χ0n) is 21.0. The lowest BCUT2D eigenvalue weighted by Gasteiger charge is -2.35. The predicted molar refractivity (Wildman–Crippen MR) is 132 cm³/mol. The van der Waals surface area contributed by atoms with Crippen molar-refractivity contribution in [2.75, 3.05) is 13.1 Å². The Morgan fingerprint density at radius 3 is 2.53 bits per heavy atom. The molecule has 1 aliphatic carbocycles. The van der Waals surface area contributed by atoms with E-state index in [0.29, 0.717) is 18.2 Å². The van der Waals surface area contributed by atoms with Crippen molar-refractivity contribution in [3.8, 4) is 6.07 Å². The van der Waals surface area contributed by atoms with Gasteiger partial charge < -0.3 is 10.1 Å². The third kappa shape index (κ3) is 5.07. The quantitative estimate of drug-likeness (QED) is 0.579. The summed E-state index contributed by atoms with van der Waals surface area (Å²) in [5.74, 6) is -2.25. The van der Waals surface area contributed by atoms with Gasteiger partial charge in [-0.3, -0.25) is 4.90 Å². The van der Waals surface area contributed by atoms with Gasteiger partial charge in [0.2, 0.25) is 0 Å². The van der Waals surface area contributed by atoms with Crippen LogP contribution in [0.2, 0.25) is 0 Å². The average Bonchev–Trinajstić information content (AvgIpc) is 3.48. The van der Waals surface area contributed by atoms with Gasteiger partial charge in [0.15, 0.2) is 11.6 Å². The van der Waals surface area contributed by atoms with Crippen LogP contribution in [0.3, 0.4) is 0 Å². The second-order valence-corrected chi connectivity index (χ2v) is 10.4. The molecule has 2 heterocycles. The molecule has 3 amide bonds. The van der Waals surface area contributed by atoms with E-state index in [1.807, 2.05) is 0 Å². The molecular formula is C28H29F3N4O3. The summed E-state index contributed by atoms with van der Waals surface area (Å²) < 4.78 is 46.1. The van der Waals surface area contributed by atoms with Crippen molar-refractivity contribution in [3.05, 3.63) is 70.5 Å². The zero-order chi connectivity index (χ0) is 27.0. The number of rotatable bonds is 4. The molecule has 3 fully saturated rings. The fourth-order valence-electron chi connectivity index (χ4n) is 6.14. The van der Waals surface area contributed by atoms with Gasteiger partial charge in [-0.15, -0.1) is 0 Å². The Bertz CT molecular complexity index is 1270.